The first kappa shape index (κ1) is 24.6. The van der Waals surface area contributed by atoms with E-state index in [2.05, 4.69) is 0 Å². The highest BCUT2D eigenvalue weighted by Crippen LogP contribution is 2.50. The maximum atomic E-state index is 14.0. The standard InChI is InChI=1S/C29H21F3N4O3/c30-29(31,32)22-13-20(12-11-19(22)15-33)36-27(38)25-23-14-21(35(25)28(36)39)16-34(23)26(37)24(17-7-3-1-4-8-17)18-9-5-2-6-10-18/h1-13,21,23-24,38H,14,16H2. The van der Waals surface area contributed by atoms with Crippen LogP contribution >= 0.6 is 0 Å². The third-order valence-corrected chi connectivity index (χ3v) is 7.54. The number of halogens is 3. The van der Waals surface area contributed by atoms with E-state index in [0.717, 1.165) is 21.8 Å². The van der Waals surface area contributed by atoms with E-state index in [9.17, 15) is 27.9 Å². The lowest BCUT2D eigenvalue weighted by atomic mass is 9.89. The minimum absolute atomic E-state index is 0.191. The Balaban J connectivity index is 1.41. The van der Waals surface area contributed by atoms with Gasteiger partial charge in [-0.2, -0.15) is 18.4 Å². The maximum absolute atomic E-state index is 14.0. The fourth-order valence-corrected chi connectivity index (χ4v) is 5.86. The molecule has 0 aliphatic carbocycles. The summed E-state index contributed by atoms with van der Waals surface area (Å²) in [5.41, 5.74) is -0.899. The molecule has 1 N–H and O–H groups in total. The van der Waals surface area contributed by atoms with Gasteiger partial charge in [0.1, 0.15) is 5.69 Å². The summed E-state index contributed by atoms with van der Waals surface area (Å²) in [7, 11) is 0. The Hall–Kier alpha value is -4.78. The second-order valence-electron chi connectivity index (χ2n) is 9.69. The van der Waals surface area contributed by atoms with Crippen molar-refractivity contribution in [3.63, 3.8) is 0 Å². The second-order valence-corrected chi connectivity index (χ2v) is 9.69. The van der Waals surface area contributed by atoms with Crippen molar-refractivity contribution in [3.8, 4) is 17.6 Å². The number of carbonyl (C=O) groups is 1. The van der Waals surface area contributed by atoms with Gasteiger partial charge in [-0.1, -0.05) is 60.7 Å². The summed E-state index contributed by atoms with van der Waals surface area (Å²) in [4.78, 5) is 29.0. The van der Waals surface area contributed by atoms with Crippen LogP contribution in [0.2, 0.25) is 0 Å². The number of aromatic hydroxyl groups is 1. The molecule has 0 spiro atoms. The predicted molar refractivity (Wildman–Crippen MR) is 134 cm³/mol. The summed E-state index contributed by atoms with van der Waals surface area (Å²) in [5.74, 6) is -1.31. The van der Waals surface area contributed by atoms with E-state index in [0.29, 0.717) is 12.5 Å². The van der Waals surface area contributed by atoms with Crippen LogP contribution in [0, 0.1) is 11.3 Å². The zero-order valence-electron chi connectivity index (χ0n) is 20.3. The molecule has 2 atom stereocenters. The molecule has 1 amide bonds. The quantitative estimate of drug-likeness (QED) is 0.407. The van der Waals surface area contributed by atoms with Crippen LogP contribution in [-0.2, 0) is 11.0 Å². The van der Waals surface area contributed by atoms with E-state index < -0.39 is 46.9 Å². The molecular formula is C29H21F3N4O3. The first-order valence-electron chi connectivity index (χ1n) is 12.3. The average molecular weight is 531 g/mol. The molecule has 0 radical (unpaired) electrons. The molecule has 0 saturated carbocycles. The van der Waals surface area contributed by atoms with Crippen LogP contribution in [0.15, 0.2) is 83.7 Å². The van der Waals surface area contributed by atoms with E-state index in [1.165, 1.54) is 16.7 Å². The molecule has 10 heteroatoms. The third-order valence-electron chi connectivity index (χ3n) is 7.54. The summed E-state index contributed by atoms with van der Waals surface area (Å²) in [5, 5.41) is 20.3. The van der Waals surface area contributed by atoms with Gasteiger partial charge in [-0.3, -0.25) is 9.36 Å². The molecule has 3 heterocycles. The minimum atomic E-state index is -4.82. The second kappa shape index (κ2) is 8.91. The SMILES string of the molecule is N#Cc1ccc(-n2c(O)c3n(c2=O)C2CC3N(C(=O)C(c3ccccc3)c3ccccc3)C2)cc1C(F)(F)F. The van der Waals surface area contributed by atoms with Gasteiger partial charge in [0.15, 0.2) is 0 Å². The first-order valence-corrected chi connectivity index (χ1v) is 12.3. The van der Waals surface area contributed by atoms with Gasteiger partial charge in [0.05, 0.1) is 40.9 Å². The lowest BCUT2D eigenvalue weighted by Crippen LogP contribution is -2.40. The van der Waals surface area contributed by atoms with Crippen LogP contribution in [0.25, 0.3) is 5.69 Å². The van der Waals surface area contributed by atoms with E-state index >= 15 is 0 Å². The lowest BCUT2D eigenvalue weighted by molar-refractivity contribution is -0.137. The van der Waals surface area contributed by atoms with Gasteiger partial charge in [0.25, 0.3) is 0 Å². The van der Waals surface area contributed by atoms with Crippen LogP contribution < -0.4 is 5.69 Å². The van der Waals surface area contributed by atoms with E-state index in [1.54, 1.807) is 4.90 Å². The summed E-state index contributed by atoms with van der Waals surface area (Å²) in [6.45, 7) is 0.233. The number of nitriles is 1. The maximum Gasteiger partial charge on any atom is 0.417 e. The first-order chi connectivity index (χ1) is 18.7. The van der Waals surface area contributed by atoms with E-state index in [4.69, 9.17) is 5.26 Å². The molecule has 1 saturated heterocycles. The molecule has 2 aliphatic rings. The third kappa shape index (κ3) is 3.81. The fourth-order valence-electron chi connectivity index (χ4n) is 5.86. The Morgan fingerprint density at radius 1 is 1.00 bits per heavy atom. The van der Waals surface area contributed by atoms with Crippen molar-refractivity contribution in [2.45, 2.75) is 30.6 Å². The van der Waals surface area contributed by atoms with Gasteiger partial charge < -0.3 is 10.0 Å². The highest BCUT2D eigenvalue weighted by atomic mass is 19.4. The molecule has 6 rings (SSSR count). The fraction of sp³-hybridized carbons (Fsp3) is 0.207. The van der Waals surface area contributed by atoms with E-state index in [1.807, 2.05) is 60.7 Å². The number of hydrogen-bond acceptors (Lipinski definition) is 4. The highest BCUT2D eigenvalue weighted by molar-refractivity contribution is 5.88. The van der Waals surface area contributed by atoms with Gasteiger partial charge in [-0.15, -0.1) is 0 Å². The van der Waals surface area contributed by atoms with Crippen LogP contribution in [0.4, 0.5) is 13.2 Å². The van der Waals surface area contributed by atoms with Crippen molar-refractivity contribution in [3.05, 3.63) is 117 Å². The molecule has 7 nitrogen and oxygen atoms in total. The van der Waals surface area contributed by atoms with Crippen molar-refractivity contribution >= 4 is 5.91 Å². The zero-order chi connectivity index (χ0) is 27.5. The average Bonchev–Trinajstić information content (AvgIpc) is 3.60. The minimum Gasteiger partial charge on any atom is -0.493 e. The number of hydrogen-bond donors (Lipinski definition) is 1. The summed E-state index contributed by atoms with van der Waals surface area (Å²) in [6.07, 6.45) is -4.41. The van der Waals surface area contributed by atoms with Gasteiger partial charge in [0.2, 0.25) is 11.8 Å². The Bertz CT molecular complexity index is 1650. The lowest BCUT2D eigenvalue weighted by Gasteiger charge is -2.31. The number of benzene rings is 3. The molecule has 196 valence electrons. The summed E-state index contributed by atoms with van der Waals surface area (Å²) in [6, 6.07) is 21.9. The largest absolute Gasteiger partial charge is 0.493 e. The molecule has 4 aromatic rings. The molecule has 1 fully saturated rings. The van der Waals surface area contributed by atoms with Crippen molar-refractivity contribution in [2.24, 2.45) is 0 Å². The molecule has 2 unspecified atom stereocenters. The number of carbonyl (C=O) groups excluding carboxylic acids is 1. The summed E-state index contributed by atoms with van der Waals surface area (Å²) >= 11 is 0. The van der Waals surface area contributed by atoms with Gasteiger partial charge >= 0.3 is 11.9 Å². The van der Waals surface area contributed by atoms with Gasteiger partial charge in [0, 0.05) is 6.54 Å². The zero-order valence-corrected chi connectivity index (χ0v) is 20.3. The number of imidazole rings is 1. The Morgan fingerprint density at radius 2 is 1.62 bits per heavy atom. The predicted octanol–water partition coefficient (Wildman–Crippen LogP) is 4.90. The van der Waals surface area contributed by atoms with Gasteiger partial charge in [-0.25, -0.2) is 9.36 Å². The number of likely N-dealkylation sites (tertiary alicyclic amines) is 1. The Labute approximate surface area is 220 Å². The number of nitrogens with zero attached hydrogens (tertiary/aromatic N) is 4. The van der Waals surface area contributed by atoms with Crippen molar-refractivity contribution < 1.29 is 23.1 Å². The highest BCUT2D eigenvalue weighted by Gasteiger charge is 2.50. The molecule has 39 heavy (non-hydrogen) atoms. The van der Waals surface area contributed by atoms with Crippen LogP contribution in [0.3, 0.4) is 0 Å². The monoisotopic (exact) mass is 530 g/mol. The van der Waals surface area contributed by atoms with Crippen molar-refractivity contribution in [2.75, 3.05) is 6.54 Å². The Morgan fingerprint density at radius 3 is 2.18 bits per heavy atom. The number of alkyl halides is 3. The molecule has 2 aliphatic heterocycles. The number of aromatic nitrogens is 2. The van der Waals surface area contributed by atoms with Crippen LogP contribution in [0.5, 0.6) is 5.88 Å². The van der Waals surface area contributed by atoms with Crippen molar-refractivity contribution in [1.29, 1.82) is 5.26 Å². The summed E-state index contributed by atoms with van der Waals surface area (Å²) < 4.78 is 42.9. The molecular weight excluding hydrogens is 509 g/mol. The number of amides is 1. The topological polar surface area (TPSA) is 91.3 Å². The molecule has 2 bridgehead atoms. The van der Waals surface area contributed by atoms with Crippen molar-refractivity contribution in [1.82, 2.24) is 14.0 Å². The number of fused-ring (bicyclic) bond motifs is 5. The number of rotatable bonds is 4. The van der Waals surface area contributed by atoms with Crippen LogP contribution in [-0.4, -0.2) is 31.6 Å². The Kier molecular flexibility index (Phi) is 5.61. The van der Waals surface area contributed by atoms with Gasteiger partial charge in [-0.05, 0) is 35.7 Å². The van der Waals surface area contributed by atoms with Crippen LogP contribution in [0.1, 0.15) is 52.4 Å². The van der Waals surface area contributed by atoms with E-state index in [-0.39, 0.29) is 23.8 Å². The molecule has 3 aromatic carbocycles. The molecule has 1 aromatic heterocycles. The normalized spacial score (nSPS) is 17.9. The smallest absolute Gasteiger partial charge is 0.417 e.